The Kier molecular flexibility index (Phi) is 6.05. The largest absolute Gasteiger partial charge is 0.344 e. The van der Waals surface area contributed by atoms with Crippen molar-refractivity contribution in [1.29, 1.82) is 0 Å². The minimum atomic E-state index is -0.989. The van der Waals surface area contributed by atoms with E-state index in [1.807, 2.05) is 27.7 Å². The highest BCUT2D eigenvalue weighted by Crippen LogP contribution is 2.28. The molecule has 5 nitrogen and oxygen atoms in total. The summed E-state index contributed by atoms with van der Waals surface area (Å²) in [5.41, 5.74) is 0.268. The van der Waals surface area contributed by atoms with Gasteiger partial charge in [-0.15, -0.1) is 0 Å². The molecule has 0 fully saturated rings. The number of halogens is 2. The van der Waals surface area contributed by atoms with Crippen LogP contribution in [0.1, 0.15) is 34.1 Å². The number of hydrogen-bond donors (Lipinski definition) is 2. The lowest BCUT2D eigenvalue weighted by Crippen LogP contribution is -2.47. The number of anilines is 1. The quantitative estimate of drug-likeness (QED) is 0.816. The van der Waals surface area contributed by atoms with E-state index in [0.29, 0.717) is 11.1 Å². The Morgan fingerprint density at radius 3 is 2.40 bits per heavy atom. The van der Waals surface area contributed by atoms with Gasteiger partial charge in [-0.2, -0.15) is 0 Å². The molecule has 1 aromatic carbocycles. The van der Waals surface area contributed by atoms with E-state index < -0.39 is 23.6 Å². The molecule has 1 unspecified atom stereocenters. The molecule has 0 spiro atoms. The van der Waals surface area contributed by atoms with Crippen LogP contribution in [-0.2, 0) is 9.59 Å². The van der Waals surface area contributed by atoms with Gasteiger partial charge in [-0.1, -0.05) is 39.0 Å². The third-order valence-electron chi connectivity index (χ3n) is 3.52. The maximum atomic E-state index is 13.3. The van der Waals surface area contributed by atoms with Crippen LogP contribution in [0.15, 0.2) is 12.1 Å². The second-order valence-corrected chi connectivity index (χ2v) is 7.66. The van der Waals surface area contributed by atoms with Crippen molar-refractivity contribution in [2.24, 2.45) is 11.8 Å². The second-order valence-electron chi connectivity index (χ2n) is 6.63. The minimum Gasteiger partial charge on any atom is -0.344 e. The fraction of sp³-hybridized carbons (Fsp3) is 0.471. The van der Waals surface area contributed by atoms with Crippen LogP contribution in [-0.4, -0.2) is 22.8 Å². The highest BCUT2D eigenvalue weighted by molar-refractivity contribution is 7.22. The predicted molar refractivity (Wildman–Crippen MR) is 94.4 cm³/mol. The third kappa shape index (κ3) is 4.94. The number of carbonyl (C=O) groups excluding carboxylic acids is 2. The third-order valence-corrected chi connectivity index (χ3v) is 4.45. The van der Waals surface area contributed by atoms with Gasteiger partial charge in [0.05, 0.1) is 10.2 Å². The van der Waals surface area contributed by atoms with Crippen LogP contribution in [0, 0.1) is 23.5 Å². The number of rotatable bonds is 6. The minimum absolute atomic E-state index is 0.125. The van der Waals surface area contributed by atoms with Crippen LogP contribution >= 0.6 is 11.3 Å². The molecule has 2 amide bonds. The average Bonchev–Trinajstić information content (AvgIpc) is 2.85. The van der Waals surface area contributed by atoms with Crippen molar-refractivity contribution in [1.82, 2.24) is 10.3 Å². The number of amides is 2. The van der Waals surface area contributed by atoms with Crippen molar-refractivity contribution in [3.05, 3.63) is 23.8 Å². The van der Waals surface area contributed by atoms with Crippen LogP contribution < -0.4 is 10.6 Å². The van der Waals surface area contributed by atoms with Gasteiger partial charge in [-0.3, -0.25) is 9.59 Å². The summed E-state index contributed by atoms with van der Waals surface area (Å²) in [5.74, 6) is -2.50. The highest BCUT2D eigenvalue weighted by Gasteiger charge is 2.25. The summed E-state index contributed by atoms with van der Waals surface area (Å²) in [6.45, 7) is 7.48. The molecule has 25 heavy (non-hydrogen) atoms. The summed E-state index contributed by atoms with van der Waals surface area (Å²) < 4.78 is 27.0. The fourth-order valence-electron chi connectivity index (χ4n) is 2.30. The van der Waals surface area contributed by atoms with E-state index in [-0.39, 0.29) is 28.4 Å². The fourth-order valence-corrected chi connectivity index (χ4v) is 3.17. The Bertz CT molecular complexity index is 751. The molecular formula is C17H21F2N3O2S. The van der Waals surface area contributed by atoms with Gasteiger partial charge in [0.2, 0.25) is 11.8 Å². The Morgan fingerprint density at radius 2 is 1.80 bits per heavy atom. The molecule has 1 heterocycles. The van der Waals surface area contributed by atoms with Crippen molar-refractivity contribution in [2.75, 3.05) is 5.32 Å². The molecule has 0 saturated carbocycles. The lowest BCUT2D eigenvalue weighted by Gasteiger charge is -2.21. The van der Waals surface area contributed by atoms with E-state index in [9.17, 15) is 18.4 Å². The van der Waals surface area contributed by atoms with Gasteiger partial charge in [-0.05, 0) is 17.9 Å². The molecule has 0 radical (unpaired) electrons. The van der Waals surface area contributed by atoms with Crippen LogP contribution in [0.5, 0.6) is 0 Å². The number of fused-ring (bicyclic) bond motifs is 1. The first-order valence-electron chi connectivity index (χ1n) is 8.03. The van der Waals surface area contributed by atoms with Gasteiger partial charge in [0.15, 0.2) is 16.8 Å². The summed E-state index contributed by atoms with van der Waals surface area (Å²) in [4.78, 5) is 28.5. The smallest absolute Gasteiger partial charge is 0.248 e. The molecule has 8 heteroatoms. The summed E-state index contributed by atoms with van der Waals surface area (Å²) in [6.07, 6.45) is 0.330. The van der Waals surface area contributed by atoms with Gasteiger partial charge in [0.25, 0.3) is 0 Å². The molecule has 0 aliphatic rings. The summed E-state index contributed by atoms with van der Waals surface area (Å²) in [5, 5.41) is 5.58. The van der Waals surface area contributed by atoms with Gasteiger partial charge >= 0.3 is 0 Å². The van der Waals surface area contributed by atoms with E-state index >= 15 is 0 Å². The second kappa shape index (κ2) is 7.86. The van der Waals surface area contributed by atoms with Crippen molar-refractivity contribution in [3.63, 3.8) is 0 Å². The summed E-state index contributed by atoms with van der Waals surface area (Å²) in [7, 11) is 0. The molecular weight excluding hydrogens is 348 g/mol. The topological polar surface area (TPSA) is 71.1 Å². The Balaban J connectivity index is 2.13. The Labute approximate surface area is 148 Å². The normalized spacial score (nSPS) is 12.6. The first kappa shape index (κ1) is 19.2. The van der Waals surface area contributed by atoms with Crippen molar-refractivity contribution >= 4 is 38.5 Å². The lowest BCUT2D eigenvalue weighted by atomic mass is 10.0. The van der Waals surface area contributed by atoms with Gasteiger partial charge in [0, 0.05) is 12.5 Å². The van der Waals surface area contributed by atoms with Gasteiger partial charge < -0.3 is 10.6 Å². The van der Waals surface area contributed by atoms with Gasteiger partial charge in [-0.25, -0.2) is 13.8 Å². The number of benzene rings is 1. The zero-order chi connectivity index (χ0) is 18.7. The monoisotopic (exact) mass is 369 g/mol. The number of carbonyl (C=O) groups is 2. The molecule has 1 atom stereocenters. The Hall–Kier alpha value is -2.09. The van der Waals surface area contributed by atoms with Crippen molar-refractivity contribution in [3.8, 4) is 0 Å². The zero-order valence-corrected chi connectivity index (χ0v) is 15.3. The molecule has 0 aliphatic heterocycles. The predicted octanol–water partition coefficient (Wildman–Crippen LogP) is 3.70. The first-order valence-corrected chi connectivity index (χ1v) is 8.84. The maximum Gasteiger partial charge on any atom is 0.248 e. The van der Waals surface area contributed by atoms with Crippen LogP contribution in [0.4, 0.5) is 13.9 Å². The standard InChI is InChI=1S/C17H21F2N3O2S/c1-8(2)5-14(23)21-15(9(3)4)16(24)22-17-20-12-6-10(18)11(19)7-13(12)25-17/h6-9,15H,5H2,1-4H3,(H,21,23)(H,20,22,24). The molecule has 0 bridgehead atoms. The first-order chi connectivity index (χ1) is 11.7. The van der Waals surface area contributed by atoms with Gasteiger partial charge in [0.1, 0.15) is 6.04 Å². The summed E-state index contributed by atoms with van der Waals surface area (Å²) in [6, 6.07) is 1.32. The van der Waals surface area contributed by atoms with E-state index in [4.69, 9.17) is 0 Å². The molecule has 0 saturated heterocycles. The van der Waals surface area contributed by atoms with Crippen LogP contribution in [0.25, 0.3) is 10.2 Å². The molecule has 0 aliphatic carbocycles. The lowest BCUT2D eigenvalue weighted by molar-refractivity contribution is -0.127. The molecule has 2 aromatic rings. The molecule has 1 aromatic heterocycles. The van der Waals surface area contributed by atoms with E-state index in [1.54, 1.807) is 0 Å². The maximum absolute atomic E-state index is 13.3. The number of thiazole rings is 1. The number of hydrogen-bond acceptors (Lipinski definition) is 4. The van der Waals surface area contributed by atoms with E-state index in [1.165, 1.54) is 0 Å². The molecule has 2 N–H and O–H groups in total. The average molecular weight is 369 g/mol. The van der Waals surface area contributed by atoms with Crippen LogP contribution in [0.3, 0.4) is 0 Å². The van der Waals surface area contributed by atoms with Crippen molar-refractivity contribution < 1.29 is 18.4 Å². The highest BCUT2D eigenvalue weighted by atomic mass is 32.1. The van der Waals surface area contributed by atoms with E-state index in [0.717, 1.165) is 23.5 Å². The number of nitrogens with one attached hydrogen (secondary N) is 2. The Morgan fingerprint density at radius 1 is 1.16 bits per heavy atom. The molecule has 2 rings (SSSR count). The van der Waals surface area contributed by atoms with Crippen LogP contribution in [0.2, 0.25) is 0 Å². The SMILES string of the molecule is CC(C)CC(=O)NC(C(=O)Nc1nc2cc(F)c(F)cc2s1)C(C)C. The van der Waals surface area contributed by atoms with Crippen molar-refractivity contribution in [2.45, 2.75) is 40.2 Å². The molecule has 136 valence electrons. The zero-order valence-electron chi connectivity index (χ0n) is 14.5. The summed E-state index contributed by atoms with van der Waals surface area (Å²) >= 11 is 1.04. The number of nitrogens with zero attached hydrogens (tertiary/aromatic N) is 1. The van der Waals surface area contributed by atoms with E-state index in [2.05, 4.69) is 15.6 Å². The number of aromatic nitrogens is 1.